The molecule has 1 aromatic carbocycles. The Labute approximate surface area is 90.4 Å². The largest absolute Gasteiger partial charge is 0.493 e. The SMILES string of the molecule is NNC(c1cccc2c1OCC2)C(F)(F)F. The van der Waals surface area contributed by atoms with E-state index in [9.17, 15) is 13.2 Å². The number of hydrazine groups is 1. The van der Waals surface area contributed by atoms with Gasteiger partial charge in [-0.3, -0.25) is 5.84 Å². The maximum atomic E-state index is 12.7. The van der Waals surface area contributed by atoms with Crippen molar-refractivity contribution in [2.45, 2.75) is 18.6 Å². The number of hydrogen-bond donors (Lipinski definition) is 2. The van der Waals surface area contributed by atoms with Gasteiger partial charge in [0.05, 0.1) is 6.61 Å². The number of alkyl halides is 3. The first-order valence-corrected chi connectivity index (χ1v) is 4.81. The summed E-state index contributed by atoms with van der Waals surface area (Å²) in [5.74, 6) is 5.27. The summed E-state index contributed by atoms with van der Waals surface area (Å²) in [6.45, 7) is 0.418. The van der Waals surface area contributed by atoms with E-state index in [-0.39, 0.29) is 5.56 Å². The molecule has 3 nitrogen and oxygen atoms in total. The van der Waals surface area contributed by atoms with Crippen LogP contribution in [0.15, 0.2) is 18.2 Å². The van der Waals surface area contributed by atoms with Gasteiger partial charge in [-0.1, -0.05) is 18.2 Å². The van der Waals surface area contributed by atoms with Crippen molar-refractivity contribution < 1.29 is 17.9 Å². The molecule has 2 rings (SSSR count). The number of nitrogens with one attached hydrogen (secondary N) is 1. The highest BCUT2D eigenvalue weighted by Gasteiger charge is 2.42. The molecule has 3 N–H and O–H groups in total. The van der Waals surface area contributed by atoms with Gasteiger partial charge in [0, 0.05) is 12.0 Å². The Morgan fingerprint density at radius 1 is 1.38 bits per heavy atom. The van der Waals surface area contributed by atoms with E-state index < -0.39 is 12.2 Å². The van der Waals surface area contributed by atoms with E-state index >= 15 is 0 Å². The van der Waals surface area contributed by atoms with Gasteiger partial charge < -0.3 is 4.74 Å². The Bertz CT molecular complexity index is 392. The average Bonchev–Trinajstić information content (AvgIpc) is 2.65. The Hall–Kier alpha value is -1.27. The third kappa shape index (κ3) is 1.85. The van der Waals surface area contributed by atoms with Crippen molar-refractivity contribution in [3.8, 4) is 5.75 Å². The Morgan fingerprint density at radius 2 is 2.12 bits per heavy atom. The molecule has 1 aliphatic rings. The van der Waals surface area contributed by atoms with Gasteiger partial charge in [0.15, 0.2) is 0 Å². The highest BCUT2D eigenvalue weighted by molar-refractivity contribution is 5.46. The van der Waals surface area contributed by atoms with Crippen LogP contribution >= 0.6 is 0 Å². The van der Waals surface area contributed by atoms with Crippen LogP contribution in [-0.4, -0.2) is 12.8 Å². The second-order valence-electron chi connectivity index (χ2n) is 3.58. The van der Waals surface area contributed by atoms with E-state index in [1.165, 1.54) is 6.07 Å². The lowest BCUT2D eigenvalue weighted by atomic mass is 10.0. The standard InChI is InChI=1S/C10H11F3N2O/c11-10(12,13)9(15-14)7-3-1-2-6-4-5-16-8(6)7/h1-3,9,15H,4-5,14H2. The summed E-state index contributed by atoms with van der Waals surface area (Å²) in [5, 5.41) is 0. The van der Waals surface area contributed by atoms with Crippen molar-refractivity contribution >= 4 is 0 Å². The van der Waals surface area contributed by atoms with Crippen molar-refractivity contribution in [3.63, 3.8) is 0 Å². The van der Waals surface area contributed by atoms with E-state index in [1.54, 1.807) is 17.6 Å². The summed E-state index contributed by atoms with van der Waals surface area (Å²) in [4.78, 5) is 0. The summed E-state index contributed by atoms with van der Waals surface area (Å²) >= 11 is 0. The van der Waals surface area contributed by atoms with Gasteiger partial charge in [-0.2, -0.15) is 13.2 Å². The van der Waals surface area contributed by atoms with Gasteiger partial charge in [-0.25, -0.2) is 5.43 Å². The summed E-state index contributed by atoms with van der Waals surface area (Å²) in [6, 6.07) is 2.83. The first kappa shape index (κ1) is 11.2. The van der Waals surface area contributed by atoms with E-state index in [0.717, 1.165) is 5.56 Å². The quantitative estimate of drug-likeness (QED) is 0.602. The second-order valence-corrected chi connectivity index (χ2v) is 3.58. The van der Waals surface area contributed by atoms with Gasteiger partial charge in [0.2, 0.25) is 0 Å². The number of fused-ring (bicyclic) bond motifs is 1. The zero-order chi connectivity index (χ0) is 11.8. The first-order chi connectivity index (χ1) is 7.54. The number of hydrogen-bond acceptors (Lipinski definition) is 3. The third-order valence-corrected chi connectivity index (χ3v) is 2.55. The van der Waals surface area contributed by atoms with E-state index in [0.29, 0.717) is 18.8 Å². The molecule has 1 aromatic rings. The molecular formula is C10H11F3N2O. The van der Waals surface area contributed by atoms with Crippen molar-refractivity contribution in [2.24, 2.45) is 5.84 Å². The highest BCUT2D eigenvalue weighted by Crippen LogP contribution is 2.40. The van der Waals surface area contributed by atoms with Crippen LogP contribution in [0.4, 0.5) is 13.2 Å². The van der Waals surface area contributed by atoms with Crippen LogP contribution in [0.2, 0.25) is 0 Å². The smallest absolute Gasteiger partial charge is 0.409 e. The predicted molar refractivity (Wildman–Crippen MR) is 51.8 cm³/mol. The van der Waals surface area contributed by atoms with Gasteiger partial charge >= 0.3 is 6.18 Å². The van der Waals surface area contributed by atoms with Crippen LogP contribution in [0.3, 0.4) is 0 Å². The van der Waals surface area contributed by atoms with Gasteiger partial charge in [-0.15, -0.1) is 0 Å². The minimum atomic E-state index is -4.43. The van der Waals surface area contributed by atoms with Gasteiger partial charge in [0.25, 0.3) is 0 Å². The van der Waals surface area contributed by atoms with Gasteiger partial charge in [0.1, 0.15) is 11.8 Å². The van der Waals surface area contributed by atoms with Crippen LogP contribution in [0.1, 0.15) is 17.2 Å². The van der Waals surface area contributed by atoms with Crippen LogP contribution in [0.5, 0.6) is 5.75 Å². The van der Waals surface area contributed by atoms with E-state index in [4.69, 9.17) is 10.6 Å². The molecule has 0 aromatic heterocycles. The summed E-state index contributed by atoms with van der Waals surface area (Å²) in [5.41, 5.74) is 2.62. The van der Waals surface area contributed by atoms with Crippen molar-refractivity contribution in [2.75, 3.05) is 6.61 Å². The number of ether oxygens (including phenoxy) is 1. The first-order valence-electron chi connectivity index (χ1n) is 4.81. The van der Waals surface area contributed by atoms with E-state index in [2.05, 4.69) is 0 Å². The Balaban J connectivity index is 2.43. The molecular weight excluding hydrogens is 221 g/mol. The zero-order valence-electron chi connectivity index (χ0n) is 8.34. The van der Waals surface area contributed by atoms with Crippen molar-refractivity contribution in [1.82, 2.24) is 5.43 Å². The fourth-order valence-corrected chi connectivity index (χ4v) is 1.83. The lowest BCUT2D eigenvalue weighted by Gasteiger charge is -2.21. The minimum Gasteiger partial charge on any atom is -0.493 e. The van der Waals surface area contributed by atoms with E-state index in [1.807, 2.05) is 0 Å². The number of para-hydroxylation sites is 1. The maximum absolute atomic E-state index is 12.7. The molecule has 0 spiro atoms. The summed E-state index contributed by atoms with van der Waals surface area (Å²) < 4.78 is 43.2. The van der Waals surface area contributed by atoms with Crippen LogP contribution in [0, 0.1) is 0 Å². The molecule has 0 saturated carbocycles. The van der Waals surface area contributed by atoms with Crippen molar-refractivity contribution in [3.05, 3.63) is 29.3 Å². The molecule has 1 aliphatic heterocycles. The number of rotatable bonds is 2. The zero-order valence-corrected chi connectivity index (χ0v) is 8.34. The molecule has 6 heteroatoms. The third-order valence-electron chi connectivity index (χ3n) is 2.55. The molecule has 88 valence electrons. The molecule has 0 amide bonds. The fraction of sp³-hybridized carbons (Fsp3) is 0.400. The van der Waals surface area contributed by atoms with Crippen LogP contribution < -0.4 is 16.0 Å². The summed E-state index contributed by atoms with van der Waals surface area (Å²) in [7, 11) is 0. The molecule has 0 saturated heterocycles. The average molecular weight is 232 g/mol. The topological polar surface area (TPSA) is 47.3 Å². The monoisotopic (exact) mass is 232 g/mol. The van der Waals surface area contributed by atoms with Crippen LogP contribution in [0.25, 0.3) is 0 Å². The summed E-state index contributed by atoms with van der Waals surface area (Å²) in [6.07, 6.45) is -3.80. The lowest BCUT2D eigenvalue weighted by molar-refractivity contribution is -0.158. The molecule has 1 heterocycles. The molecule has 0 radical (unpaired) electrons. The fourth-order valence-electron chi connectivity index (χ4n) is 1.83. The van der Waals surface area contributed by atoms with Crippen molar-refractivity contribution in [1.29, 1.82) is 0 Å². The van der Waals surface area contributed by atoms with Gasteiger partial charge in [-0.05, 0) is 5.56 Å². The molecule has 0 aliphatic carbocycles. The number of halogens is 3. The number of nitrogens with two attached hydrogens (primary N) is 1. The maximum Gasteiger partial charge on any atom is 0.409 e. The molecule has 16 heavy (non-hydrogen) atoms. The molecule has 1 atom stereocenters. The van der Waals surface area contributed by atoms with Crippen LogP contribution in [-0.2, 0) is 6.42 Å². The lowest BCUT2D eigenvalue weighted by Crippen LogP contribution is -2.38. The molecule has 0 fully saturated rings. The second kappa shape index (κ2) is 3.95. The molecule has 0 bridgehead atoms. The predicted octanol–water partition coefficient (Wildman–Crippen LogP) is 1.69. The normalized spacial score (nSPS) is 16.8. The Kier molecular flexibility index (Phi) is 2.77. The number of benzene rings is 1. The highest BCUT2D eigenvalue weighted by atomic mass is 19.4. The molecule has 1 unspecified atom stereocenters. The Morgan fingerprint density at radius 3 is 2.75 bits per heavy atom. The minimum absolute atomic E-state index is 0.0463.